The molecule has 0 spiro atoms. The molecule has 8 nitrogen and oxygen atoms in total. The van der Waals surface area contributed by atoms with Crippen molar-refractivity contribution in [2.75, 3.05) is 0 Å². The molecular weight excluding hydrogens is 892 g/mol. The van der Waals surface area contributed by atoms with Gasteiger partial charge in [-0.1, -0.05) is 74.9 Å². The van der Waals surface area contributed by atoms with Gasteiger partial charge in [0.15, 0.2) is 0 Å². The second-order valence-electron chi connectivity index (χ2n) is 12.3. The van der Waals surface area contributed by atoms with Crippen LogP contribution < -0.4 is 0 Å². The largest absolute Gasteiger partial charge is 0.478 e. The molecule has 0 fully saturated rings. The lowest BCUT2D eigenvalue weighted by Crippen LogP contribution is -2.42. The van der Waals surface area contributed by atoms with E-state index in [-0.39, 0.29) is 63.8 Å². The number of hydrogen-bond acceptors (Lipinski definition) is 6. The number of alkyl halides is 6. The van der Waals surface area contributed by atoms with Gasteiger partial charge in [-0.15, -0.1) is 0 Å². The number of aryl methyl sites for hydroxylation is 2. The number of oxime groups is 2. The molecule has 4 aromatic rings. The first-order valence-electron chi connectivity index (χ1n) is 15.4. The van der Waals surface area contributed by atoms with E-state index < -0.39 is 48.3 Å². The summed E-state index contributed by atoms with van der Waals surface area (Å²) in [7, 11) is 0. The Labute approximate surface area is 336 Å². The molecule has 290 valence electrons. The molecule has 0 saturated heterocycles. The van der Waals surface area contributed by atoms with Crippen LogP contribution in [-0.4, -0.2) is 45.9 Å². The van der Waals surface area contributed by atoms with Gasteiger partial charge < -0.3 is 19.9 Å². The van der Waals surface area contributed by atoms with Crippen LogP contribution in [0.4, 0.5) is 26.3 Å². The minimum atomic E-state index is -4.83. The van der Waals surface area contributed by atoms with E-state index >= 15 is 0 Å². The Balaban J connectivity index is 0.000000211. The summed E-state index contributed by atoms with van der Waals surface area (Å²) >= 11 is 26.6. The number of benzene rings is 4. The van der Waals surface area contributed by atoms with Gasteiger partial charge in [-0.2, -0.15) is 26.3 Å². The predicted molar refractivity (Wildman–Crippen MR) is 197 cm³/mol. The van der Waals surface area contributed by atoms with E-state index in [0.29, 0.717) is 16.7 Å². The van der Waals surface area contributed by atoms with Gasteiger partial charge in [-0.25, -0.2) is 9.59 Å². The molecule has 4 aromatic carbocycles. The fourth-order valence-corrected chi connectivity index (χ4v) is 7.82. The number of carboxylic acid groups (broad SMARTS) is 2. The van der Waals surface area contributed by atoms with Crippen LogP contribution in [0.3, 0.4) is 0 Å². The second-order valence-corrected chi connectivity index (χ2v) is 14.9. The molecule has 2 N–H and O–H groups in total. The molecule has 2 aliphatic rings. The highest BCUT2D eigenvalue weighted by Gasteiger charge is 2.63. The van der Waals surface area contributed by atoms with Crippen LogP contribution in [-0.2, 0) is 20.9 Å². The Kier molecular flexibility index (Phi) is 11.9. The zero-order valence-corrected chi connectivity index (χ0v) is 32.5. The fourth-order valence-electron chi connectivity index (χ4n) is 5.92. The third-order valence-corrected chi connectivity index (χ3v) is 10.4. The van der Waals surface area contributed by atoms with Crippen LogP contribution in [0.15, 0.2) is 81.5 Å². The highest BCUT2D eigenvalue weighted by atomic mass is 79.9. The number of rotatable bonds is 6. The molecule has 2 unspecified atom stereocenters. The van der Waals surface area contributed by atoms with Crippen molar-refractivity contribution in [2.45, 2.75) is 50.2 Å². The Morgan fingerprint density at radius 3 is 1.55 bits per heavy atom. The number of aromatic carboxylic acids is 2. The standard InChI is InChI=1S/C18H11BrCl2F3NO3.C18H12Cl2F3NO3/c1-8-2-3-12(15(19)14(8)16(26)27)13-7-17(28-25-13,18(22,23)24)9-4-10(20)6-11(21)5-9;1-9-4-10(2-3-14(9)16(25)26)15-8-17(27-24-15,18(21,22)23)11-5-12(19)7-13(20)6-11/h2-6H,7H2,1H3,(H,26,27);2-7H,8H2,1H3,(H,25,26). The molecule has 0 aromatic heterocycles. The summed E-state index contributed by atoms with van der Waals surface area (Å²) in [5, 5.41) is 25.9. The smallest absolute Gasteiger partial charge is 0.435 e. The lowest BCUT2D eigenvalue weighted by atomic mass is 9.86. The molecule has 6 rings (SSSR count). The zero-order chi connectivity index (χ0) is 40.8. The summed E-state index contributed by atoms with van der Waals surface area (Å²) in [6, 6.07) is 14.3. The predicted octanol–water partition coefficient (Wildman–Crippen LogP) is 11.9. The summed E-state index contributed by atoms with van der Waals surface area (Å²) < 4.78 is 84.1. The van der Waals surface area contributed by atoms with Crippen LogP contribution >= 0.6 is 62.3 Å². The Morgan fingerprint density at radius 1 is 0.673 bits per heavy atom. The second kappa shape index (κ2) is 15.5. The summed E-state index contributed by atoms with van der Waals surface area (Å²) in [5.74, 6) is -2.34. The number of carboxylic acids is 2. The highest BCUT2D eigenvalue weighted by molar-refractivity contribution is 9.10. The average molecular weight is 915 g/mol. The lowest BCUT2D eigenvalue weighted by molar-refractivity contribution is -0.276. The van der Waals surface area contributed by atoms with Gasteiger partial charge in [0.25, 0.3) is 11.2 Å². The minimum absolute atomic E-state index is 0.0212. The molecular formula is C36H23BrCl4F6N2O6. The molecule has 0 bridgehead atoms. The van der Waals surface area contributed by atoms with Crippen molar-refractivity contribution in [3.05, 3.63) is 136 Å². The van der Waals surface area contributed by atoms with Crippen molar-refractivity contribution >= 4 is 85.7 Å². The normalized spacial score (nSPS) is 19.4. The van der Waals surface area contributed by atoms with Crippen LogP contribution in [0.2, 0.25) is 20.1 Å². The van der Waals surface area contributed by atoms with Gasteiger partial charge in [0.2, 0.25) is 0 Å². The maximum absolute atomic E-state index is 14.0. The van der Waals surface area contributed by atoms with Gasteiger partial charge >= 0.3 is 24.3 Å². The first-order valence-corrected chi connectivity index (χ1v) is 17.7. The van der Waals surface area contributed by atoms with E-state index in [4.69, 9.17) is 61.2 Å². The van der Waals surface area contributed by atoms with Crippen molar-refractivity contribution in [2.24, 2.45) is 10.3 Å². The summed E-state index contributed by atoms with van der Waals surface area (Å²) in [6.45, 7) is 3.13. The third-order valence-electron chi connectivity index (χ3n) is 8.69. The minimum Gasteiger partial charge on any atom is -0.478 e. The van der Waals surface area contributed by atoms with Crippen LogP contribution in [0.25, 0.3) is 0 Å². The average Bonchev–Trinajstić information content (AvgIpc) is 3.72. The quantitative estimate of drug-likeness (QED) is 0.186. The Morgan fingerprint density at radius 2 is 1.13 bits per heavy atom. The maximum atomic E-state index is 14.0. The number of nitrogens with zero attached hydrogens (tertiary/aromatic N) is 2. The molecule has 0 radical (unpaired) electrons. The van der Waals surface area contributed by atoms with Gasteiger partial charge in [0.1, 0.15) is 0 Å². The van der Waals surface area contributed by atoms with Crippen molar-refractivity contribution in [3.8, 4) is 0 Å². The molecule has 0 aliphatic carbocycles. The van der Waals surface area contributed by atoms with E-state index in [1.54, 1.807) is 13.8 Å². The molecule has 0 saturated carbocycles. The lowest BCUT2D eigenvalue weighted by Gasteiger charge is -2.29. The summed E-state index contributed by atoms with van der Waals surface area (Å²) in [5.41, 5.74) is -4.68. The van der Waals surface area contributed by atoms with Gasteiger partial charge in [0.05, 0.1) is 29.0 Å². The van der Waals surface area contributed by atoms with Crippen molar-refractivity contribution in [3.63, 3.8) is 0 Å². The first-order chi connectivity index (χ1) is 25.5. The number of hydrogen-bond donors (Lipinski definition) is 2. The Hall–Kier alpha value is -4.02. The van der Waals surface area contributed by atoms with E-state index in [9.17, 15) is 41.0 Å². The summed E-state index contributed by atoms with van der Waals surface area (Å²) in [4.78, 5) is 32.4. The van der Waals surface area contributed by atoms with E-state index in [1.807, 2.05) is 0 Å². The van der Waals surface area contributed by atoms with Crippen LogP contribution in [0.5, 0.6) is 0 Å². The molecule has 2 heterocycles. The first kappa shape index (κ1) is 42.1. The molecule has 2 aliphatic heterocycles. The third kappa shape index (κ3) is 8.27. The number of carbonyl (C=O) groups is 2. The monoisotopic (exact) mass is 912 g/mol. The fraction of sp³-hybridized carbons (Fsp3) is 0.222. The van der Waals surface area contributed by atoms with Crippen LogP contribution in [0, 0.1) is 13.8 Å². The Bertz CT molecular complexity index is 2250. The maximum Gasteiger partial charge on any atom is 0.435 e. The summed E-state index contributed by atoms with van der Waals surface area (Å²) in [6.07, 6.45) is -10.9. The SMILES string of the molecule is Cc1cc(C2=NOC(c3cc(Cl)cc(Cl)c3)(C(F)(F)F)C2)ccc1C(=O)O.Cc1ccc(C2=NOC(c3cc(Cl)cc(Cl)c3)(C(F)(F)F)C2)c(Br)c1C(=O)O. The zero-order valence-electron chi connectivity index (χ0n) is 27.8. The van der Waals surface area contributed by atoms with E-state index in [1.165, 1.54) is 42.5 Å². The van der Waals surface area contributed by atoms with Crippen molar-refractivity contribution < 1.29 is 55.8 Å². The van der Waals surface area contributed by atoms with Crippen molar-refractivity contribution in [1.82, 2.24) is 0 Å². The van der Waals surface area contributed by atoms with E-state index in [0.717, 1.165) is 24.3 Å². The molecule has 19 heteroatoms. The van der Waals surface area contributed by atoms with Gasteiger partial charge in [-0.3, -0.25) is 0 Å². The topological polar surface area (TPSA) is 118 Å². The van der Waals surface area contributed by atoms with Crippen molar-refractivity contribution in [1.29, 1.82) is 0 Å². The van der Waals surface area contributed by atoms with Gasteiger partial charge in [0, 0.05) is 47.7 Å². The number of halogens is 11. The highest BCUT2D eigenvalue weighted by Crippen LogP contribution is 2.51. The van der Waals surface area contributed by atoms with E-state index in [2.05, 4.69) is 26.2 Å². The van der Waals surface area contributed by atoms with Gasteiger partial charge in [-0.05, 0) is 95.0 Å². The molecule has 0 amide bonds. The molecule has 2 atom stereocenters. The van der Waals surface area contributed by atoms with Crippen LogP contribution in [0.1, 0.15) is 66.9 Å². The molecule has 55 heavy (non-hydrogen) atoms.